The van der Waals surface area contributed by atoms with E-state index < -0.39 is 0 Å². The molecule has 136 valence electrons. The Hall–Kier alpha value is -2.42. The summed E-state index contributed by atoms with van der Waals surface area (Å²) >= 11 is 3.50. The van der Waals surface area contributed by atoms with Gasteiger partial charge in [0.05, 0.1) is 22.3 Å². The third-order valence-electron chi connectivity index (χ3n) is 5.02. The summed E-state index contributed by atoms with van der Waals surface area (Å²) in [4.78, 5) is 21.2. The summed E-state index contributed by atoms with van der Waals surface area (Å²) < 4.78 is 2.47. The van der Waals surface area contributed by atoms with E-state index in [1.165, 1.54) is 0 Å². The summed E-state index contributed by atoms with van der Waals surface area (Å²) in [6.07, 6.45) is 10.6. The zero-order valence-electron chi connectivity index (χ0n) is 14.5. The lowest BCUT2D eigenvalue weighted by Crippen LogP contribution is -2.42. The maximum atomic E-state index is 12.3. The summed E-state index contributed by atoms with van der Waals surface area (Å²) in [5, 5.41) is 13.5. The smallest absolute Gasteiger partial charge is 0.229 e. The number of allylic oxidation sites excluding steroid dienone is 1. The van der Waals surface area contributed by atoms with Crippen molar-refractivity contribution in [1.82, 2.24) is 25.1 Å². The third kappa shape index (κ3) is 3.07. The number of carbonyl (C=O) groups is 1. The molecule has 2 aliphatic carbocycles. The molecule has 3 N–H and O–H groups in total. The molecular formula is C17H20BrN7O. The molecule has 1 fully saturated rings. The zero-order valence-corrected chi connectivity index (χ0v) is 16.1. The van der Waals surface area contributed by atoms with Crippen LogP contribution in [-0.4, -0.2) is 38.7 Å². The van der Waals surface area contributed by atoms with Gasteiger partial charge in [0.25, 0.3) is 0 Å². The first-order chi connectivity index (χ1) is 12.5. The van der Waals surface area contributed by atoms with Gasteiger partial charge in [0.15, 0.2) is 0 Å². The van der Waals surface area contributed by atoms with Crippen LogP contribution < -0.4 is 16.0 Å². The molecule has 2 aromatic rings. The fourth-order valence-corrected chi connectivity index (χ4v) is 4.15. The normalized spacial score (nSPS) is 26.1. The molecule has 0 aliphatic heterocycles. The molecule has 4 rings (SSSR count). The number of fused-ring (bicyclic) bond motifs is 2. The highest BCUT2D eigenvalue weighted by Crippen LogP contribution is 2.45. The number of carbonyl (C=O) groups excluding carboxylic acids is 1. The van der Waals surface area contributed by atoms with E-state index in [0.717, 1.165) is 16.6 Å². The molecule has 9 heteroatoms. The Morgan fingerprint density at radius 1 is 1.31 bits per heavy atom. The van der Waals surface area contributed by atoms with E-state index in [4.69, 9.17) is 0 Å². The maximum absolute atomic E-state index is 12.3. The van der Waals surface area contributed by atoms with Gasteiger partial charge in [-0.15, -0.1) is 0 Å². The second-order valence-electron chi connectivity index (χ2n) is 6.68. The van der Waals surface area contributed by atoms with E-state index in [9.17, 15) is 4.79 Å². The van der Waals surface area contributed by atoms with Gasteiger partial charge in [0, 0.05) is 32.5 Å². The van der Waals surface area contributed by atoms with E-state index in [1.54, 1.807) is 24.1 Å². The van der Waals surface area contributed by atoms with Crippen LogP contribution in [0.3, 0.4) is 0 Å². The van der Waals surface area contributed by atoms with Crippen molar-refractivity contribution in [1.29, 1.82) is 0 Å². The minimum absolute atomic E-state index is 0.0161. The molecule has 2 aromatic heterocycles. The summed E-state index contributed by atoms with van der Waals surface area (Å²) in [5.74, 6) is 1.74. The van der Waals surface area contributed by atoms with Crippen LogP contribution in [0.2, 0.25) is 0 Å². The number of aromatic nitrogens is 4. The number of nitrogens with one attached hydrogen (secondary N) is 3. The molecule has 0 unspecified atom stereocenters. The van der Waals surface area contributed by atoms with Crippen LogP contribution >= 0.6 is 15.9 Å². The predicted octanol–water partition coefficient (Wildman–Crippen LogP) is 2.06. The van der Waals surface area contributed by atoms with E-state index in [2.05, 4.69) is 59.1 Å². The van der Waals surface area contributed by atoms with Gasteiger partial charge in [-0.3, -0.25) is 9.48 Å². The van der Waals surface area contributed by atoms with Gasteiger partial charge in [-0.25, -0.2) is 4.98 Å². The minimum Gasteiger partial charge on any atom is -0.365 e. The van der Waals surface area contributed by atoms with Crippen LogP contribution in [-0.2, 0) is 11.8 Å². The van der Waals surface area contributed by atoms with Crippen molar-refractivity contribution in [3.05, 3.63) is 35.2 Å². The monoisotopic (exact) mass is 417 g/mol. The quantitative estimate of drug-likeness (QED) is 0.644. The van der Waals surface area contributed by atoms with Crippen molar-refractivity contribution in [2.24, 2.45) is 24.8 Å². The molecule has 1 saturated carbocycles. The van der Waals surface area contributed by atoms with Crippen LogP contribution in [0.4, 0.5) is 17.5 Å². The Labute approximate surface area is 159 Å². The van der Waals surface area contributed by atoms with Crippen molar-refractivity contribution in [2.45, 2.75) is 12.5 Å². The van der Waals surface area contributed by atoms with Gasteiger partial charge in [-0.05, 0) is 34.2 Å². The molecule has 2 heterocycles. The second kappa shape index (κ2) is 6.71. The predicted molar refractivity (Wildman–Crippen MR) is 102 cm³/mol. The van der Waals surface area contributed by atoms with E-state index in [0.29, 0.717) is 17.7 Å². The minimum atomic E-state index is -0.0911. The Balaban J connectivity index is 1.56. The number of hydrogen-bond acceptors (Lipinski definition) is 6. The topological polar surface area (TPSA) is 96.8 Å². The summed E-state index contributed by atoms with van der Waals surface area (Å²) in [6.45, 7) is 0. The number of amides is 1. The molecule has 0 saturated heterocycles. The molecule has 8 nitrogen and oxygen atoms in total. The molecule has 4 atom stereocenters. The van der Waals surface area contributed by atoms with Gasteiger partial charge >= 0.3 is 0 Å². The number of halogens is 1. The van der Waals surface area contributed by atoms with Gasteiger partial charge in [0.2, 0.25) is 11.9 Å². The highest BCUT2D eigenvalue weighted by molar-refractivity contribution is 9.10. The first kappa shape index (κ1) is 17.0. The molecular weight excluding hydrogens is 398 g/mol. The fraction of sp³-hybridized carbons (Fsp3) is 0.412. The highest BCUT2D eigenvalue weighted by Gasteiger charge is 2.48. The molecule has 0 spiro atoms. The Morgan fingerprint density at radius 2 is 2.12 bits per heavy atom. The zero-order chi connectivity index (χ0) is 18.3. The Bertz CT molecular complexity index is 865. The number of aryl methyl sites for hydroxylation is 1. The van der Waals surface area contributed by atoms with Crippen molar-refractivity contribution < 1.29 is 4.79 Å². The summed E-state index contributed by atoms with van der Waals surface area (Å²) in [6, 6.07) is 0.0161. The van der Waals surface area contributed by atoms with Gasteiger partial charge in [-0.2, -0.15) is 10.1 Å². The standard InChI is InChI=1S/C17H20BrN7O/c1-19-16(26)13-9-3-4-10(5-9)14(13)23-15-12(18)7-20-17(24-15)22-11-6-21-25(2)8-11/h3-4,6-10,13-14H,5H2,1-2H3,(H,19,26)(H2,20,22,23,24)/t9-,10+,13+,14-/m0/s1. The molecule has 0 radical (unpaired) electrons. The number of hydrogen-bond donors (Lipinski definition) is 3. The molecule has 1 amide bonds. The molecule has 2 aliphatic rings. The van der Waals surface area contributed by atoms with Crippen LogP contribution in [0.25, 0.3) is 0 Å². The first-order valence-electron chi connectivity index (χ1n) is 8.50. The average molecular weight is 418 g/mol. The van der Waals surface area contributed by atoms with Crippen molar-refractivity contribution in [3.8, 4) is 0 Å². The highest BCUT2D eigenvalue weighted by atomic mass is 79.9. The second-order valence-corrected chi connectivity index (χ2v) is 7.53. The summed E-state index contributed by atoms with van der Waals surface area (Å²) in [5.41, 5.74) is 0.812. The van der Waals surface area contributed by atoms with Gasteiger partial charge in [-0.1, -0.05) is 12.2 Å². The van der Waals surface area contributed by atoms with E-state index in [-0.39, 0.29) is 23.8 Å². The largest absolute Gasteiger partial charge is 0.365 e. The van der Waals surface area contributed by atoms with Crippen molar-refractivity contribution in [3.63, 3.8) is 0 Å². The fourth-order valence-electron chi connectivity index (χ4n) is 3.84. The van der Waals surface area contributed by atoms with Crippen LogP contribution in [0, 0.1) is 17.8 Å². The lowest BCUT2D eigenvalue weighted by atomic mass is 9.88. The molecule has 26 heavy (non-hydrogen) atoms. The first-order valence-corrected chi connectivity index (χ1v) is 9.29. The number of anilines is 3. The summed E-state index contributed by atoms with van der Waals surface area (Å²) in [7, 11) is 3.54. The van der Waals surface area contributed by atoms with Crippen LogP contribution in [0.1, 0.15) is 6.42 Å². The Kier molecular flexibility index (Phi) is 4.39. The van der Waals surface area contributed by atoms with Crippen LogP contribution in [0.5, 0.6) is 0 Å². The SMILES string of the molecule is CNC(=O)[C@H]1[C@@H](Nc2nc(Nc3cnn(C)c3)ncc2Br)[C@@H]2C=C[C@H]1C2. The van der Waals surface area contributed by atoms with E-state index >= 15 is 0 Å². The van der Waals surface area contributed by atoms with Gasteiger partial charge < -0.3 is 16.0 Å². The van der Waals surface area contributed by atoms with Crippen molar-refractivity contribution in [2.75, 3.05) is 17.7 Å². The molecule has 2 bridgehead atoms. The van der Waals surface area contributed by atoms with Crippen LogP contribution in [0.15, 0.2) is 35.2 Å². The Morgan fingerprint density at radius 3 is 2.85 bits per heavy atom. The average Bonchev–Trinajstić information content (AvgIpc) is 3.33. The van der Waals surface area contributed by atoms with Gasteiger partial charge in [0.1, 0.15) is 5.82 Å². The maximum Gasteiger partial charge on any atom is 0.229 e. The molecule has 0 aromatic carbocycles. The lowest BCUT2D eigenvalue weighted by Gasteiger charge is -2.28. The third-order valence-corrected chi connectivity index (χ3v) is 5.60. The lowest BCUT2D eigenvalue weighted by molar-refractivity contribution is -0.125. The van der Waals surface area contributed by atoms with E-state index in [1.807, 2.05) is 13.2 Å². The number of rotatable bonds is 5. The van der Waals surface area contributed by atoms with Crippen molar-refractivity contribution >= 4 is 39.3 Å². The number of nitrogens with zero attached hydrogens (tertiary/aromatic N) is 4.